The Bertz CT molecular complexity index is 480. The average molecular weight is 216 g/mol. The molecule has 16 heavy (non-hydrogen) atoms. The van der Waals surface area contributed by atoms with Gasteiger partial charge in [-0.05, 0) is 18.2 Å². The summed E-state index contributed by atoms with van der Waals surface area (Å²) in [5, 5.41) is 2.94. The number of hydrogen-bond donors (Lipinski definition) is 1. The lowest BCUT2D eigenvalue weighted by molar-refractivity contribution is 0.0672. The number of imide groups is 1. The Morgan fingerprint density at radius 3 is 2.62 bits per heavy atom. The highest BCUT2D eigenvalue weighted by molar-refractivity contribution is 6.21. The van der Waals surface area contributed by atoms with Crippen LogP contribution in [0.5, 0.6) is 0 Å². The molecule has 1 aromatic rings. The Morgan fingerprint density at radius 1 is 1.31 bits per heavy atom. The van der Waals surface area contributed by atoms with E-state index >= 15 is 0 Å². The van der Waals surface area contributed by atoms with Gasteiger partial charge in [0, 0.05) is 19.3 Å². The van der Waals surface area contributed by atoms with Crippen LogP contribution in [0.1, 0.15) is 20.7 Å². The summed E-state index contributed by atoms with van der Waals surface area (Å²) in [5.74, 6) is -0.500. The second kappa shape index (κ2) is 3.81. The highest BCUT2D eigenvalue weighted by Crippen LogP contribution is 2.25. The van der Waals surface area contributed by atoms with Crippen molar-refractivity contribution in [3.63, 3.8) is 0 Å². The molecule has 0 aromatic heterocycles. The molecule has 0 fully saturated rings. The van der Waals surface area contributed by atoms with E-state index in [0.717, 1.165) is 5.69 Å². The molecule has 0 saturated carbocycles. The van der Waals surface area contributed by atoms with Crippen LogP contribution in [0.4, 0.5) is 5.69 Å². The molecule has 0 aliphatic carbocycles. The molecule has 0 saturated heterocycles. The Morgan fingerprint density at radius 2 is 2.00 bits per heavy atom. The van der Waals surface area contributed by atoms with Crippen LogP contribution >= 0.6 is 0 Å². The van der Waals surface area contributed by atoms with Crippen molar-refractivity contribution >= 4 is 17.5 Å². The summed E-state index contributed by atoms with van der Waals surface area (Å²) in [6.45, 7) is 3.78. The molecule has 1 N–H and O–H groups in total. The lowest BCUT2D eigenvalue weighted by atomic mass is 10.1. The van der Waals surface area contributed by atoms with Crippen molar-refractivity contribution in [1.29, 1.82) is 0 Å². The largest absolute Gasteiger partial charge is 0.388 e. The zero-order chi connectivity index (χ0) is 11.7. The highest BCUT2D eigenvalue weighted by atomic mass is 16.2. The summed E-state index contributed by atoms with van der Waals surface area (Å²) in [6, 6.07) is 5.14. The molecule has 4 heteroatoms. The number of hydrogen-bond acceptors (Lipinski definition) is 3. The first-order chi connectivity index (χ1) is 7.69. The number of carbonyl (C=O) groups is 2. The Hall–Kier alpha value is -2.10. The standard InChI is InChI=1S/C12H12N2O2/c1-3-6-14-11(15)9-5-4-8(13-2)7-10(9)12(14)16/h3-5,7,13H,1,6H2,2H3. The predicted octanol–water partition coefficient (Wildman–Crippen LogP) is 1.51. The van der Waals surface area contributed by atoms with E-state index in [-0.39, 0.29) is 18.4 Å². The maximum atomic E-state index is 11.9. The quantitative estimate of drug-likeness (QED) is 0.615. The SMILES string of the molecule is C=CCN1C(=O)c2ccc(NC)cc2C1=O. The normalized spacial score (nSPS) is 13.9. The van der Waals surface area contributed by atoms with E-state index in [2.05, 4.69) is 11.9 Å². The van der Waals surface area contributed by atoms with E-state index in [0.29, 0.717) is 11.1 Å². The third kappa shape index (κ3) is 1.39. The number of carbonyl (C=O) groups excluding carboxylic acids is 2. The first-order valence-corrected chi connectivity index (χ1v) is 4.98. The predicted molar refractivity (Wildman–Crippen MR) is 61.6 cm³/mol. The fourth-order valence-corrected chi connectivity index (χ4v) is 1.74. The lowest BCUT2D eigenvalue weighted by Crippen LogP contribution is -2.29. The number of benzene rings is 1. The molecule has 0 radical (unpaired) electrons. The molecule has 1 aliphatic heterocycles. The van der Waals surface area contributed by atoms with Gasteiger partial charge in [-0.3, -0.25) is 14.5 Å². The van der Waals surface area contributed by atoms with Crippen LogP contribution in [0.2, 0.25) is 0 Å². The maximum absolute atomic E-state index is 11.9. The van der Waals surface area contributed by atoms with Crippen LogP contribution in [0.25, 0.3) is 0 Å². The van der Waals surface area contributed by atoms with Gasteiger partial charge in [-0.1, -0.05) is 6.08 Å². The number of fused-ring (bicyclic) bond motifs is 1. The first kappa shape index (κ1) is 10.4. The summed E-state index contributed by atoms with van der Waals surface area (Å²) < 4.78 is 0. The fraction of sp³-hybridized carbons (Fsp3) is 0.167. The topological polar surface area (TPSA) is 49.4 Å². The average Bonchev–Trinajstić information content (AvgIpc) is 2.54. The minimum atomic E-state index is -0.253. The van der Waals surface area contributed by atoms with Gasteiger partial charge in [0.1, 0.15) is 0 Å². The zero-order valence-corrected chi connectivity index (χ0v) is 8.99. The van der Waals surface area contributed by atoms with Crippen LogP contribution in [0.3, 0.4) is 0 Å². The van der Waals surface area contributed by atoms with Gasteiger partial charge < -0.3 is 5.32 Å². The van der Waals surface area contributed by atoms with Crippen molar-refractivity contribution in [2.75, 3.05) is 18.9 Å². The van der Waals surface area contributed by atoms with Crippen molar-refractivity contribution in [2.45, 2.75) is 0 Å². The number of nitrogens with one attached hydrogen (secondary N) is 1. The molecular weight excluding hydrogens is 204 g/mol. The summed E-state index contributed by atoms with van der Waals surface area (Å²) in [4.78, 5) is 24.9. The van der Waals surface area contributed by atoms with Gasteiger partial charge in [0.15, 0.2) is 0 Å². The third-order valence-electron chi connectivity index (χ3n) is 2.57. The highest BCUT2D eigenvalue weighted by Gasteiger charge is 2.34. The molecule has 1 aliphatic rings. The number of nitrogens with zero attached hydrogens (tertiary/aromatic N) is 1. The molecule has 0 atom stereocenters. The van der Waals surface area contributed by atoms with Crippen LogP contribution in [0.15, 0.2) is 30.9 Å². The summed E-state index contributed by atoms with van der Waals surface area (Å²) in [7, 11) is 1.77. The molecule has 0 spiro atoms. The Balaban J connectivity index is 2.47. The van der Waals surface area contributed by atoms with Gasteiger partial charge in [0.05, 0.1) is 11.1 Å². The van der Waals surface area contributed by atoms with Gasteiger partial charge in [0.25, 0.3) is 11.8 Å². The van der Waals surface area contributed by atoms with Crippen LogP contribution in [-0.2, 0) is 0 Å². The van der Waals surface area contributed by atoms with Gasteiger partial charge in [0.2, 0.25) is 0 Å². The van der Waals surface area contributed by atoms with Crippen molar-refractivity contribution < 1.29 is 9.59 Å². The van der Waals surface area contributed by atoms with E-state index in [1.54, 1.807) is 31.3 Å². The van der Waals surface area contributed by atoms with E-state index in [1.807, 2.05) is 0 Å². The van der Waals surface area contributed by atoms with Gasteiger partial charge >= 0.3 is 0 Å². The Kier molecular flexibility index (Phi) is 2.48. The lowest BCUT2D eigenvalue weighted by Gasteiger charge is -2.09. The Labute approximate surface area is 93.6 Å². The molecule has 2 rings (SSSR count). The summed E-state index contributed by atoms with van der Waals surface area (Å²) in [5.41, 5.74) is 1.74. The van der Waals surface area contributed by atoms with Gasteiger partial charge in [-0.15, -0.1) is 6.58 Å². The molecule has 4 nitrogen and oxygen atoms in total. The molecule has 0 bridgehead atoms. The second-order valence-corrected chi connectivity index (χ2v) is 3.52. The molecule has 1 heterocycles. The van der Waals surface area contributed by atoms with E-state index in [1.165, 1.54) is 4.90 Å². The monoisotopic (exact) mass is 216 g/mol. The maximum Gasteiger partial charge on any atom is 0.261 e. The molecule has 0 unspecified atom stereocenters. The van der Waals surface area contributed by atoms with E-state index < -0.39 is 0 Å². The van der Waals surface area contributed by atoms with Crippen molar-refractivity contribution in [3.05, 3.63) is 42.0 Å². The van der Waals surface area contributed by atoms with Gasteiger partial charge in [-0.25, -0.2) is 0 Å². The number of anilines is 1. The molecule has 82 valence electrons. The van der Waals surface area contributed by atoms with Crippen LogP contribution in [-0.4, -0.2) is 30.3 Å². The van der Waals surface area contributed by atoms with E-state index in [4.69, 9.17) is 0 Å². The van der Waals surface area contributed by atoms with Crippen molar-refractivity contribution in [2.24, 2.45) is 0 Å². The van der Waals surface area contributed by atoms with Gasteiger partial charge in [-0.2, -0.15) is 0 Å². The summed E-state index contributed by atoms with van der Waals surface area (Å²) >= 11 is 0. The second-order valence-electron chi connectivity index (χ2n) is 3.52. The molecule has 2 amide bonds. The van der Waals surface area contributed by atoms with Crippen LogP contribution in [0, 0.1) is 0 Å². The summed E-state index contributed by atoms with van der Waals surface area (Å²) in [6.07, 6.45) is 1.54. The number of rotatable bonds is 3. The fourth-order valence-electron chi connectivity index (χ4n) is 1.74. The zero-order valence-electron chi connectivity index (χ0n) is 8.99. The molecular formula is C12H12N2O2. The minimum Gasteiger partial charge on any atom is -0.388 e. The van der Waals surface area contributed by atoms with E-state index in [9.17, 15) is 9.59 Å². The first-order valence-electron chi connectivity index (χ1n) is 4.98. The van der Waals surface area contributed by atoms with Crippen molar-refractivity contribution in [1.82, 2.24) is 4.90 Å². The molecule has 1 aromatic carbocycles. The third-order valence-corrected chi connectivity index (χ3v) is 2.57. The van der Waals surface area contributed by atoms with Crippen molar-refractivity contribution in [3.8, 4) is 0 Å². The number of amides is 2. The smallest absolute Gasteiger partial charge is 0.261 e. The van der Waals surface area contributed by atoms with Crippen LogP contribution < -0.4 is 5.32 Å². The minimum absolute atomic E-state index is 0.248.